The number of anilines is 1. The summed E-state index contributed by atoms with van der Waals surface area (Å²) in [6, 6.07) is 0. The van der Waals surface area contributed by atoms with Crippen LogP contribution in [0.25, 0.3) is 11.2 Å². The van der Waals surface area contributed by atoms with Crippen molar-refractivity contribution in [2.75, 3.05) is 5.73 Å². The molecule has 0 spiro atoms. The van der Waals surface area contributed by atoms with Crippen LogP contribution in [0.1, 0.15) is 5.89 Å². The van der Waals surface area contributed by atoms with E-state index in [0.717, 1.165) is 0 Å². The van der Waals surface area contributed by atoms with Gasteiger partial charge in [0, 0.05) is 6.92 Å². The van der Waals surface area contributed by atoms with Crippen LogP contribution in [0.3, 0.4) is 0 Å². The van der Waals surface area contributed by atoms with Crippen molar-refractivity contribution in [1.29, 1.82) is 0 Å². The predicted octanol–water partition coefficient (Wildman–Crippen LogP) is 0.508. The first-order chi connectivity index (χ1) is 5.27. The number of aryl methyl sites for hydroxylation is 1. The molecule has 2 aromatic heterocycles. The van der Waals surface area contributed by atoms with Crippen molar-refractivity contribution in [3.05, 3.63) is 12.2 Å². The van der Waals surface area contributed by atoms with Crippen molar-refractivity contribution in [2.45, 2.75) is 6.92 Å². The van der Waals surface area contributed by atoms with E-state index >= 15 is 0 Å². The molecule has 5 heteroatoms. The molecule has 0 saturated carbocycles. The average Bonchev–Trinajstić information content (AvgIpc) is 2.31. The summed E-state index contributed by atoms with van der Waals surface area (Å²) in [6.07, 6.45) is 1.36. The van der Waals surface area contributed by atoms with E-state index in [1.54, 1.807) is 6.92 Å². The quantitative estimate of drug-likeness (QED) is 0.591. The number of nitrogen functional groups attached to an aromatic ring is 1. The Hall–Kier alpha value is -1.65. The van der Waals surface area contributed by atoms with Crippen molar-refractivity contribution in [1.82, 2.24) is 15.0 Å². The average molecular weight is 150 g/mol. The first kappa shape index (κ1) is 6.09. The molecule has 2 aromatic rings. The second-order valence-electron chi connectivity index (χ2n) is 2.14. The number of hydrogen-bond acceptors (Lipinski definition) is 5. The summed E-state index contributed by atoms with van der Waals surface area (Å²) in [4.78, 5) is 11.6. The van der Waals surface area contributed by atoms with Gasteiger partial charge in [-0.1, -0.05) is 0 Å². The van der Waals surface area contributed by atoms with Crippen molar-refractivity contribution >= 4 is 17.0 Å². The Balaban J connectivity index is 2.90. The van der Waals surface area contributed by atoms with Crippen LogP contribution in [0.2, 0.25) is 0 Å². The molecule has 56 valence electrons. The molecule has 0 atom stereocenters. The highest BCUT2D eigenvalue weighted by atomic mass is 16.3. The van der Waals surface area contributed by atoms with E-state index in [9.17, 15) is 0 Å². The summed E-state index contributed by atoms with van der Waals surface area (Å²) < 4.78 is 5.14. The van der Waals surface area contributed by atoms with Crippen LogP contribution in [0.5, 0.6) is 0 Å². The third kappa shape index (κ3) is 0.813. The Morgan fingerprint density at radius 2 is 2.27 bits per heavy atom. The Labute approximate surface area is 62.3 Å². The lowest BCUT2D eigenvalue weighted by atomic mass is 10.5. The number of oxazole rings is 1. The summed E-state index contributed by atoms with van der Waals surface area (Å²) >= 11 is 0. The van der Waals surface area contributed by atoms with E-state index in [4.69, 9.17) is 10.2 Å². The van der Waals surface area contributed by atoms with Gasteiger partial charge in [0.05, 0.1) is 0 Å². The summed E-state index contributed by atoms with van der Waals surface area (Å²) in [5.41, 5.74) is 6.46. The van der Waals surface area contributed by atoms with Gasteiger partial charge in [-0.25, -0.2) is 9.97 Å². The lowest BCUT2D eigenvalue weighted by molar-refractivity contribution is 0.561. The lowest BCUT2D eigenvalue weighted by Gasteiger charge is -1.87. The van der Waals surface area contributed by atoms with Crippen molar-refractivity contribution < 1.29 is 4.42 Å². The summed E-state index contributed by atoms with van der Waals surface area (Å²) in [7, 11) is 0. The molecule has 5 nitrogen and oxygen atoms in total. The van der Waals surface area contributed by atoms with Crippen LogP contribution in [0.4, 0.5) is 5.82 Å². The lowest BCUT2D eigenvalue weighted by Crippen LogP contribution is -1.90. The standard InChI is InChI=1S/C6H6N4O/c1-3-10-6-4(11-3)5(7)8-2-9-6/h2H,1H3,(H2,7,8,9). The maximum atomic E-state index is 5.48. The molecule has 2 N–H and O–H groups in total. The maximum absolute atomic E-state index is 5.48. The van der Waals surface area contributed by atoms with Gasteiger partial charge in [0.25, 0.3) is 0 Å². The van der Waals surface area contributed by atoms with E-state index in [2.05, 4.69) is 15.0 Å². The molecule has 0 unspecified atom stereocenters. The largest absolute Gasteiger partial charge is 0.435 e. The number of nitrogens with two attached hydrogens (primary N) is 1. The summed E-state index contributed by atoms with van der Waals surface area (Å²) in [5, 5.41) is 0. The normalized spacial score (nSPS) is 10.6. The molecule has 0 fully saturated rings. The molecule has 0 aliphatic rings. The Kier molecular flexibility index (Phi) is 1.06. The van der Waals surface area contributed by atoms with Gasteiger partial charge >= 0.3 is 0 Å². The van der Waals surface area contributed by atoms with Crippen molar-refractivity contribution in [2.24, 2.45) is 0 Å². The molecular formula is C6H6N4O. The zero-order valence-electron chi connectivity index (χ0n) is 5.90. The smallest absolute Gasteiger partial charge is 0.215 e. The number of aromatic nitrogens is 3. The highest BCUT2D eigenvalue weighted by molar-refractivity contribution is 5.78. The highest BCUT2D eigenvalue weighted by Gasteiger charge is 2.05. The van der Waals surface area contributed by atoms with E-state index in [-0.39, 0.29) is 0 Å². The minimum atomic E-state index is 0.329. The Bertz CT molecular complexity index is 394. The topological polar surface area (TPSA) is 77.8 Å². The zero-order valence-corrected chi connectivity index (χ0v) is 5.90. The van der Waals surface area contributed by atoms with Gasteiger partial charge in [0.15, 0.2) is 11.7 Å². The fraction of sp³-hybridized carbons (Fsp3) is 0.167. The number of rotatable bonds is 0. The van der Waals surface area contributed by atoms with E-state index in [1.165, 1.54) is 6.33 Å². The van der Waals surface area contributed by atoms with Crippen LogP contribution in [-0.2, 0) is 0 Å². The molecule has 0 saturated heterocycles. The second-order valence-corrected chi connectivity index (χ2v) is 2.14. The van der Waals surface area contributed by atoms with Gasteiger partial charge in [-0.15, -0.1) is 0 Å². The van der Waals surface area contributed by atoms with Crippen LogP contribution in [-0.4, -0.2) is 15.0 Å². The van der Waals surface area contributed by atoms with Gasteiger partial charge in [-0.3, -0.25) is 0 Å². The van der Waals surface area contributed by atoms with Crippen LogP contribution in [0, 0.1) is 6.92 Å². The van der Waals surface area contributed by atoms with E-state index < -0.39 is 0 Å². The van der Waals surface area contributed by atoms with Crippen molar-refractivity contribution in [3.63, 3.8) is 0 Å². The first-order valence-corrected chi connectivity index (χ1v) is 3.11. The maximum Gasteiger partial charge on any atom is 0.215 e. The first-order valence-electron chi connectivity index (χ1n) is 3.11. The van der Waals surface area contributed by atoms with E-state index in [1.807, 2.05) is 0 Å². The minimum absolute atomic E-state index is 0.329. The molecule has 2 heterocycles. The van der Waals surface area contributed by atoms with Gasteiger partial charge in [-0.2, -0.15) is 4.98 Å². The minimum Gasteiger partial charge on any atom is -0.435 e. The molecule has 0 radical (unpaired) electrons. The molecule has 0 amide bonds. The van der Waals surface area contributed by atoms with Crippen molar-refractivity contribution in [3.8, 4) is 0 Å². The monoisotopic (exact) mass is 150 g/mol. The number of fused-ring (bicyclic) bond motifs is 1. The highest BCUT2D eigenvalue weighted by Crippen LogP contribution is 2.16. The predicted molar refractivity (Wildman–Crippen MR) is 38.7 cm³/mol. The molecular weight excluding hydrogens is 144 g/mol. The Morgan fingerprint density at radius 1 is 1.45 bits per heavy atom. The second kappa shape index (κ2) is 1.91. The Morgan fingerprint density at radius 3 is 3.00 bits per heavy atom. The number of hydrogen-bond donors (Lipinski definition) is 1. The number of nitrogens with zero attached hydrogens (tertiary/aromatic N) is 3. The summed E-state index contributed by atoms with van der Waals surface area (Å²) in [6.45, 7) is 1.74. The summed E-state index contributed by atoms with van der Waals surface area (Å²) in [5.74, 6) is 0.878. The molecule has 0 aliphatic heterocycles. The van der Waals surface area contributed by atoms with Gasteiger partial charge in [-0.05, 0) is 0 Å². The fourth-order valence-corrected chi connectivity index (χ4v) is 0.875. The fourth-order valence-electron chi connectivity index (χ4n) is 0.875. The molecule has 2 rings (SSSR count). The molecule has 0 aliphatic carbocycles. The zero-order chi connectivity index (χ0) is 7.84. The third-order valence-corrected chi connectivity index (χ3v) is 1.33. The van der Waals surface area contributed by atoms with Crippen LogP contribution < -0.4 is 5.73 Å². The molecule has 0 aromatic carbocycles. The van der Waals surface area contributed by atoms with Gasteiger partial charge < -0.3 is 10.2 Å². The van der Waals surface area contributed by atoms with Crippen LogP contribution >= 0.6 is 0 Å². The third-order valence-electron chi connectivity index (χ3n) is 1.33. The van der Waals surface area contributed by atoms with Gasteiger partial charge in [0.2, 0.25) is 11.2 Å². The molecule has 0 bridgehead atoms. The van der Waals surface area contributed by atoms with E-state index in [0.29, 0.717) is 22.9 Å². The van der Waals surface area contributed by atoms with Crippen LogP contribution in [0.15, 0.2) is 10.7 Å². The molecule has 11 heavy (non-hydrogen) atoms. The van der Waals surface area contributed by atoms with Gasteiger partial charge in [0.1, 0.15) is 6.33 Å². The SMILES string of the molecule is Cc1nc2ncnc(N)c2o1.